The van der Waals surface area contributed by atoms with E-state index in [-0.39, 0.29) is 6.54 Å². The Bertz CT molecular complexity index is 867. The van der Waals surface area contributed by atoms with E-state index in [1.165, 1.54) is 0 Å². The molecule has 136 valence electrons. The van der Waals surface area contributed by atoms with Gasteiger partial charge in [0.25, 0.3) is 0 Å². The van der Waals surface area contributed by atoms with Crippen LogP contribution in [0, 0.1) is 0 Å². The number of furan rings is 1. The van der Waals surface area contributed by atoms with Gasteiger partial charge in [-0.05, 0) is 43.7 Å². The molecular weight excluding hydrogens is 328 g/mol. The van der Waals surface area contributed by atoms with Crippen LogP contribution >= 0.6 is 0 Å². The van der Waals surface area contributed by atoms with Crippen LogP contribution in [0.3, 0.4) is 0 Å². The number of benzene rings is 1. The van der Waals surface area contributed by atoms with Gasteiger partial charge in [-0.15, -0.1) is 0 Å². The zero-order chi connectivity index (χ0) is 18.4. The fourth-order valence-corrected chi connectivity index (χ4v) is 2.73. The quantitative estimate of drug-likeness (QED) is 0.469. The molecule has 26 heavy (non-hydrogen) atoms. The molecule has 2 heterocycles. The van der Waals surface area contributed by atoms with Crippen LogP contribution in [0.5, 0.6) is 0 Å². The Hall–Kier alpha value is -2.86. The molecule has 0 saturated heterocycles. The standard InChI is InChI=1S/C20H24N4O2/c1-3-21-19(24-14-20(2,25)18-9-6-12-26-18)23-13-15-10-11-22-17-8-5-4-7-16(15)17/h4-12,25H,3,13-14H2,1-2H3,(H2,21,23,24). The van der Waals surface area contributed by atoms with Crippen molar-refractivity contribution in [1.29, 1.82) is 0 Å². The minimum atomic E-state index is -1.12. The number of guanidine groups is 1. The van der Waals surface area contributed by atoms with Gasteiger partial charge in [0.15, 0.2) is 5.96 Å². The zero-order valence-corrected chi connectivity index (χ0v) is 15.1. The number of rotatable bonds is 6. The average Bonchev–Trinajstić information content (AvgIpc) is 3.20. The number of nitrogens with zero attached hydrogens (tertiary/aromatic N) is 2. The molecule has 1 atom stereocenters. The number of aliphatic hydroxyl groups is 1. The highest BCUT2D eigenvalue weighted by Crippen LogP contribution is 2.20. The van der Waals surface area contributed by atoms with E-state index in [1.807, 2.05) is 31.2 Å². The van der Waals surface area contributed by atoms with Crippen molar-refractivity contribution in [3.8, 4) is 0 Å². The average molecular weight is 352 g/mol. The molecule has 1 aromatic carbocycles. The van der Waals surface area contributed by atoms with E-state index < -0.39 is 5.60 Å². The number of para-hydroxylation sites is 1. The van der Waals surface area contributed by atoms with E-state index in [0.717, 1.165) is 23.0 Å². The first-order chi connectivity index (χ1) is 12.6. The summed E-state index contributed by atoms with van der Waals surface area (Å²) in [6.07, 6.45) is 3.35. The van der Waals surface area contributed by atoms with Crippen molar-refractivity contribution in [2.24, 2.45) is 4.99 Å². The highest BCUT2D eigenvalue weighted by atomic mass is 16.4. The number of hydrogen-bond donors (Lipinski definition) is 3. The fraction of sp³-hybridized carbons (Fsp3) is 0.300. The first-order valence-electron chi connectivity index (χ1n) is 8.71. The second-order valence-corrected chi connectivity index (χ2v) is 6.29. The molecule has 0 aliphatic carbocycles. The summed E-state index contributed by atoms with van der Waals surface area (Å²) in [6, 6.07) is 13.5. The van der Waals surface area contributed by atoms with Gasteiger partial charge in [-0.3, -0.25) is 4.98 Å². The highest BCUT2D eigenvalue weighted by Gasteiger charge is 2.26. The largest absolute Gasteiger partial charge is 0.466 e. The third-order valence-corrected chi connectivity index (χ3v) is 4.14. The van der Waals surface area contributed by atoms with Crippen LogP contribution in [-0.2, 0) is 12.1 Å². The molecule has 6 heteroatoms. The van der Waals surface area contributed by atoms with Crippen LogP contribution in [-0.4, -0.2) is 29.1 Å². The summed E-state index contributed by atoms with van der Waals surface area (Å²) in [5.74, 6) is 1.15. The number of aromatic nitrogens is 1. The number of hydrogen-bond acceptors (Lipinski definition) is 4. The van der Waals surface area contributed by atoms with Crippen LogP contribution in [0.1, 0.15) is 25.2 Å². The molecule has 1 unspecified atom stereocenters. The third kappa shape index (κ3) is 4.21. The molecule has 0 spiro atoms. The molecule has 3 aromatic rings. The summed E-state index contributed by atoms with van der Waals surface area (Å²) in [4.78, 5) is 9.02. The summed E-state index contributed by atoms with van der Waals surface area (Å²) in [5, 5.41) is 18.0. The molecule has 0 radical (unpaired) electrons. The summed E-state index contributed by atoms with van der Waals surface area (Å²) in [6.45, 7) is 5.24. The van der Waals surface area contributed by atoms with Crippen molar-refractivity contribution in [1.82, 2.24) is 15.6 Å². The van der Waals surface area contributed by atoms with E-state index in [2.05, 4.69) is 26.7 Å². The number of aliphatic imine (C=N–C) groups is 1. The van der Waals surface area contributed by atoms with Gasteiger partial charge < -0.3 is 20.2 Å². The minimum Gasteiger partial charge on any atom is -0.466 e. The molecule has 0 bridgehead atoms. The Morgan fingerprint density at radius 3 is 2.81 bits per heavy atom. The molecule has 3 N–H and O–H groups in total. The van der Waals surface area contributed by atoms with E-state index >= 15 is 0 Å². The summed E-state index contributed by atoms with van der Waals surface area (Å²) in [5.41, 5.74) is 0.938. The number of fused-ring (bicyclic) bond motifs is 1. The lowest BCUT2D eigenvalue weighted by atomic mass is 10.0. The molecule has 0 aliphatic rings. The van der Waals surface area contributed by atoms with Gasteiger partial charge in [-0.2, -0.15) is 0 Å². The maximum Gasteiger partial charge on any atom is 0.191 e. The van der Waals surface area contributed by atoms with Crippen LogP contribution in [0.2, 0.25) is 0 Å². The van der Waals surface area contributed by atoms with Gasteiger partial charge in [0.2, 0.25) is 0 Å². The Morgan fingerprint density at radius 1 is 1.19 bits per heavy atom. The highest BCUT2D eigenvalue weighted by molar-refractivity contribution is 5.83. The van der Waals surface area contributed by atoms with Crippen LogP contribution in [0.25, 0.3) is 10.9 Å². The Balaban J connectivity index is 1.73. The van der Waals surface area contributed by atoms with Crippen molar-refractivity contribution in [2.75, 3.05) is 13.1 Å². The zero-order valence-electron chi connectivity index (χ0n) is 15.1. The topological polar surface area (TPSA) is 82.7 Å². The van der Waals surface area contributed by atoms with Gasteiger partial charge in [0.05, 0.1) is 24.9 Å². The van der Waals surface area contributed by atoms with Crippen molar-refractivity contribution < 1.29 is 9.52 Å². The number of pyridine rings is 1. The third-order valence-electron chi connectivity index (χ3n) is 4.14. The van der Waals surface area contributed by atoms with Gasteiger partial charge in [-0.1, -0.05) is 18.2 Å². The van der Waals surface area contributed by atoms with Crippen molar-refractivity contribution in [2.45, 2.75) is 26.0 Å². The van der Waals surface area contributed by atoms with E-state index in [9.17, 15) is 5.11 Å². The Kier molecular flexibility index (Phi) is 5.53. The molecule has 0 aliphatic heterocycles. The monoisotopic (exact) mass is 352 g/mol. The van der Waals surface area contributed by atoms with Gasteiger partial charge >= 0.3 is 0 Å². The summed E-state index contributed by atoms with van der Waals surface area (Å²) in [7, 11) is 0. The molecule has 0 fully saturated rings. The maximum atomic E-state index is 10.6. The minimum absolute atomic E-state index is 0.281. The van der Waals surface area contributed by atoms with Crippen molar-refractivity contribution in [3.63, 3.8) is 0 Å². The molecule has 0 saturated carbocycles. The Labute approximate surface area is 153 Å². The second-order valence-electron chi connectivity index (χ2n) is 6.29. The van der Waals surface area contributed by atoms with Gasteiger partial charge in [-0.25, -0.2) is 4.99 Å². The predicted molar refractivity (Wildman–Crippen MR) is 103 cm³/mol. The normalized spacial score (nSPS) is 14.2. The molecule has 2 aromatic heterocycles. The SMILES string of the molecule is CCNC(=NCc1ccnc2ccccc12)NCC(C)(O)c1ccco1. The number of nitrogens with one attached hydrogen (secondary N) is 2. The molecule has 3 rings (SSSR count). The second kappa shape index (κ2) is 8.01. The van der Waals surface area contributed by atoms with Gasteiger partial charge in [0, 0.05) is 18.1 Å². The predicted octanol–water partition coefficient (Wildman–Crippen LogP) is 2.79. The summed E-state index contributed by atoms with van der Waals surface area (Å²) >= 11 is 0. The molecule has 0 amide bonds. The van der Waals surface area contributed by atoms with Crippen molar-refractivity contribution >= 4 is 16.9 Å². The van der Waals surface area contributed by atoms with Crippen molar-refractivity contribution in [3.05, 3.63) is 66.2 Å². The maximum absolute atomic E-state index is 10.6. The molecular formula is C20H24N4O2. The summed E-state index contributed by atoms with van der Waals surface area (Å²) < 4.78 is 5.31. The lowest BCUT2D eigenvalue weighted by Crippen LogP contribution is -2.44. The smallest absolute Gasteiger partial charge is 0.191 e. The first-order valence-corrected chi connectivity index (χ1v) is 8.71. The van der Waals surface area contributed by atoms with Crippen LogP contribution in [0.15, 0.2) is 64.3 Å². The first kappa shape index (κ1) is 17.9. The lowest BCUT2D eigenvalue weighted by Gasteiger charge is -2.22. The van der Waals surface area contributed by atoms with E-state index in [4.69, 9.17) is 4.42 Å². The van der Waals surface area contributed by atoms with Crippen LogP contribution < -0.4 is 10.6 Å². The van der Waals surface area contributed by atoms with Gasteiger partial charge in [0.1, 0.15) is 11.4 Å². The molecule has 6 nitrogen and oxygen atoms in total. The Morgan fingerprint density at radius 2 is 2.04 bits per heavy atom. The fourth-order valence-electron chi connectivity index (χ4n) is 2.73. The lowest BCUT2D eigenvalue weighted by molar-refractivity contribution is 0.0386. The van der Waals surface area contributed by atoms with E-state index in [0.29, 0.717) is 18.3 Å². The van der Waals surface area contributed by atoms with E-state index in [1.54, 1.807) is 31.5 Å². The van der Waals surface area contributed by atoms with Crippen LogP contribution in [0.4, 0.5) is 0 Å².